The van der Waals surface area contributed by atoms with E-state index >= 15 is 0 Å². The fourth-order valence-electron chi connectivity index (χ4n) is 3.97. The number of methoxy groups -OCH3 is 1. The monoisotopic (exact) mass is 434 g/mol. The maximum absolute atomic E-state index is 13.4. The molecule has 7 nitrogen and oxygen atoms in total. The Morgan fingerprint density at radius 1 is 1.13 bits per heavy atom. The van der Waals surface area contributed by atoms with Crippen LogP contribution in [0.4, 0.5) is 0 Å². The van der Waals surface area contributed by atoms with Crippen LogP contribution in [0.25, 0.3) is 0 Å². The van der Waals surface area contributed by atoms with Gasteiger partial charge in [0.15, 0.2) is 0 Å². The second-order valence-electron chi connectivity index (χ2n) is 7.50. The number of sulfonamides is 1. The Labute approximate surface area is 178 Å². The number of likely N-dealkylation sites (N-methyl/N-ethyl adjacent to an activating group) is 1. The number of carbonyl (C=O) groups is 1. The molecule has 1 aromatic heterocycles. The Morgan fingerprint density at radius 3 is 2.40 bits per heavy atom. The number of nitrogens with zero attached hydrogens (tertiary/aromatic N) is 2. The molecule has 1 amide bonds. The first-order valence-corrected chi connectivity index (χ1v) is 11.9. The fraction of sp³-hybridized carbons (Fsp3) is 0.500. The van der Waals surface area contributed by atoms with Gasteiger partial charge in [-0.3, -0.25) is 4.79 Å². The van der Waals surface area contributed by atoms with E-state index < -0.39 is 10.0 Å². The minimum absolute atomic E-state index is 0.00464. The second kappa shape index (κ2) is 10.1. The SMILES string of the molecule is CCN(C(=O)CN(Cc1ccco1)S(=O)(=O)c1ccc(OC)cc1)C1CCCCC1. The van der Waals surface area contributed by atoms with Crippen molar-refractivity contribution >= 4 is 15.9 Å². The van der Waals surface area contributed by atoms with Crippen molar-refractivity contribution in [1.82, 2.24) is 9.21 Å². The van der Waals surface area contributed by atoms with E-state index in [1.54, 1.807) is 24.3 Å². The van der Waals surface area contributed by atoms with Crippen LogP contribution in [0.2, 0.25) is 0 Å². The van der Waals surface area contributed by atoms with Crippen molar-refractivity contribution in [1.29, 1.82) is 0 Å². The molecule has 0 spiro atoms. The highest BCUT2D eigenvalue weighted by atomic mass is 32.2. The minimum Gasteiger partial charge on any atom is -0.497 e. The van der Waals surface area contributed by atoms with E-state index in [1.165, 1.54) is 36.2 Å². The zero-order valence-electron chi connectivity index (χ0n) is 17.6. The molecule has 0 unspecified atom stereocenters. The summed E-state index contributed by atoms with van der Waals surface area (Å²) < 4.78 is 38.4. The summed E-state index contributed by atoms with van der Waals surface area (Å²) in [6, 6.07) is 9.78. The number of ether oxygens (including phenoxy) is 1. The standard InChI is InChI=1S/C22H30N2O5S/c1-3-24(18-8-5-4-6-9-18)22(25)17-23(16-20-10-7-15-29-20)30(26,27)21-13-11-19(28-2)12-14-21/h7,10-15,18H,3-6,8-9,16-17H2,1-2H3. The van der Waals surface area contributed by atoms with Crippen molar-refractivity contribution in [2.75, 3.05) is 20.2 Å². The molecule has 1 saturated carbocycles. The van der Waals surface area contributed by atoms with Gasteiger partial charge in [0.05, 0.1) is 31.4 Å². The number of amides is 1. The zero-order chi connectivity index (χ0) is 21.6. The van der Waals surface area contributed by atoms with Crippen LogP contribution in [0, 0.1) is 0 Å². The number of rotatable bonds is 9. The van der Waals surface area contributed by atoms with Crippen LogP contribution in [0.3, 0.4) is 0 Å². The van der Waals surface area contributed by atoms with Crippen LogP contribution in [0.5, 0.6) is 5.75 Å². The average molecular weight is 435 g/mol. The molecule has 8 heteroatoms. The predicted octanol–water partition coefficient (Wildman–Crippen LogP) is 3.66. The molecule has 164 valence electrons. The Bertz CT molecular complexity index is 904. The lowest BCUT2D eigenvalue weighted by atomic mass is 9.94. The predicted molar refractivity (Wildman–Crippen MR) is 114 cm³/mol. The molecule has 1 aromatic carbocycles. The van der Waals surface area contributed by atoms with Crippen molar-refractivity contribution in [2.45, 2.75) is 56.5 Å². The molecule has 1 heterocycles. The third-order valence-electron chi connectivity index (χ3n) is 5.60. The van der Waals surface area contributed by atoms with Crippen LogP contribution in [0.1, 0.15) is 44.8 Å². The molecule has 1 aliphatic rings. The summed E-state index contributed by atoms with van der Waals surface area (Å²) in [5.74, 6) is 0.880. The van der Waals surface area contributed by atoms with Crippen LogP contribution in [-0.4, -0.2) is 49.8 Å². The van der Waals surface area contributed by atoms with E-state index in [4.69, 9.17) is 9.15 Å². The normalized spacial score (nSPS) is 15.3. The Kier molecular flexibility index (Phi) is 7.55. The van der Waals surface area contributed by atoms with Gasteiger partial charge in [-0.05, 0) is 56.2 Å². The van der Waals surface area contributed by atoms with Gasteiger partial charge in [0, 0.05) is 12.6 Å². The molecule has 0 saturated heterocycles. The van der Waals surface area contributed by atoms with Gasteiger partial charge in [-0.2, -0.15) is 4.31 Å². The van der Waals surface area contributed by atoms with Crippen molar-refractivity contribution in [3.63, 3.8) is 0 Å². The number of carbonyl (C=O) groups excluding carboxylic acids is 1. The molecule has 0 radical (unpaired) electrons. The largest absolute Gasteiger partial charge is 0.497 e. The summed E-state index contributed by atoms with van der Waals surface area (Å²) in [5.41, 5.74) is 0. The van der Waals surface area contributed by atoms with Crippen LogP contribution >= 0.6 is 0 Å². The lowest BCUT2D eigenvalue weighted by molar-refractivity contribution is -0.134. The molecule has 3 rings (SSSR count). The summed E-state index contributed by atoms with van der Waals surface area (Å²) in [4.78, 5) is 15.1. The first-order valence-electron chi connectivity index (χ1n) is 10.4. The van der Waals surface area contributed by atoms with Gasteiger partial charge in [-0.25, -0.2) is 8.42 Å². The quantitative estimate of drug-likeness (QED) is 0.602. The van der Waals surface area contributed by atoms with Gasteiger partial charge < -0.3 is 14.1 Å². The molecule has 0 bridgehead atoms. The van der Waals surface area contributed by atoms with Crippen molar-refractivity contribution in [3.05, 3.63) is 48.4 Å². The molecule has 1 fully saturated rings. The van der Waals surface area contributed by atoms with Crippen molar-refractivity contribution < 1.29 is 22.4 Å². The van der Waals surface area contributed by atoms with E-state index in [0.717, 1.165) is 25.7 Å². The van der Waals surface area contributed by atoms with Gasteiger partial charge in [0.1, 0.15) is 11.5 Å². The summed E-state index contributed by atoms with van der Waals surface area (Å²) in [6.45, 7) is 2.29. The zero-order valence-corrected chi connectivity index (χ0v) is 18.4. The van der Waals surface area contributed by atoms with E-state index in [9.17, 15) is 13.2 Å². The molecule has 2 aromatic rings. The third kappa shape index (κ3) is 5.23. The summed E-state index contributed by atoms with van der Waals surface area (Å²) in [7, 11) is -2.38. The highest BCUT2D eigenvalue weighted by molar-refractivity contribution is 7.89. The van der Waals surface area contributed by atoms with E-state index in [0.29, 0.717) is 18.1 Å². The van der Waals surface area contributed by atoms with Gasteiger partial charge >= 0.3 is 0 Å². The van der Waals surface area contributed by atoms with Crippen LogP contribution in [-0.2, 0) is 21.4 Å². The lowest BCUT2D eigenvalue weighted by Gasteiger charge is -2.35. The fourth-order valence-corrected chi connectivity index (χ4v) is 5.33. The minimum atomic E-state index is -3.90. The molecule has 0 atom stereocenters. The molecule has 0 aliphatic heterocycles. The van der Waals surface area contributed by atoms with E-state index in [1.807, 2.05) is 11.8 Å². The Hall–Kier alpha value is -2.32. The van der Waals surface area contributed by atoms with Crippen molar-refractivity contribution in [2.24, 2.45) is 0 Å². The smallest absolute Gasteiger partial charge is 0.243 e. The van der Waals surface area contributed by atoms with Gasteiger partial charge in [0.2, 0.25) is 15.9 Å². The number of furan rings is 1. The van der Waals surface area contributed by atoms with E-state index in [-0.39, 0.29) is 29.9 Å². The van der Waals surface area contributed by atoms with E-state index in [2.05, 4.69) is 0 Å². The molecule has 30 heavy (non-hydrogen) atoms. The van der Waals surface area contributed by atoms with Crippen LogP contribution in [0.15, 0.2) is 52.0 Å². The Balaban J connectivity index is 1.84. The lowest BCUT2D eigenvalue weighted by Crippen LogP contribution is -2.47. The average Bonchev–Trinajstić information content (AvgIpc) is 3.28. The highest BCUT2D eigenvalue weighted by Crippen LogP contribution is 2.25. The summed E-state index contributed by atoms with van der Waals surface area (Å²) >= 11 is 0. The maximum Gasteiger partial charge on any atom is 0.243 e. The summed E-state index contributed by atoms with van der Waals surface area (Å²) in [6.07, 6.45) is 6.85. The second-order valence-corrected chi connectivity index (χ2v) is 9.44. The van der Waals surface area contributed by atoms with Gasteiger partial charge in [-0.1, -0.05) is 19.3 Å². The topological polar surface area (TPSA) is 80.1 Å². The molecule has 1 aliphatic carbocycles. The van der Waals surface area contributed by atoms with Gasteiger partial charge in [0.25, 0.3) is 0 Å². The first-order chi connectivity index (χ1) is 14.5. The third-order valence-corrected chi connectivity index (χ3v) is 7.40. The van der Waals surface area contributed by atoms with Crippen LogP contribution < -0.4 is 4.74 Å². The highest BCUT2D eigenvalue weighted by Gasteiger charge is 2.31. The number of hydrogen-bond acceptors (Lipinski definition) is 5. The number of benzene rings is 1. The molecular weight excluding hydrogens is 404 g/mol. The number of hydrogen-bond donors (Lipinski definition) is 0. The molecule has 0 N–H and O–H groups in total. The Morgan fingerprint density at radius 2 is 1.83 bits per heavy atom. The first kappa shape index (κ1) is 22.4. The molecular formula is C22H30N2O5S. The van der Waals surface area contributed by atoms with Gasteiger partial charge in [-0.15, -0.1) is 0 Å². The maximum atomic E-state index is 13.4. The van der Waals surface area contributed by atoms with Crippen molar-refractivity contribution in [3.8, 4) is 5.75 Å². The summed E-state index contributed by atoms with van der Waals surface area (Å²) in [5, 5.41) is 0.